The van der Waals surface area contributed by atoms with Crippen LogP contribution in [0.4, 0.5) is 0 Å². The molecule has 1 atom stereocenters. The van der Waals surface area contributed by atoms with E-state index >= 15 is 0 Å². The molecule has 1 N–H and O–H groups in total. The van der Waals surface area contributed by atoms with Crippen molar-refractivity contribution in [2.45, 2.75) is 46.0 Å². The van der Waals surface area contributed by atoms with Crippen molar-refractivity contribution in [1.29, 1.82) is 0 Å². The van der Waals surface area contributed by atoms with Gasteiger partial charge in [0.05, 0.1) is 0 Å². The van der Waals surface area contributed by atoms with Gasteiger partial charge in [-0.1, -0.05) is 52.0 Å². The lowest BCUT2D eigenvalue weighted by molar-refractivity contribution is 0.237. The molecule has 1 aromatic carbocycles. The standard InChI is InChI=1S/C15H24O/c1-5-15(3,4)14-8-6-13(7-9-14)10-12(2)11-16/h6-9,12,16H,5,10-11H2,1-4H3/t12-/m0/s1. The lowest BCUT2D eigenvalue weighted by atomic mass is 9.82. The average Bonchev–Trinajstić information content (AvgIpc) is 2.29. The molecule has 1 nitrogen and oxygen atoms in total. The first-order valence-corrected chi connectivity index (χ1v) is 6.20. The molecule has 0 radical (unpaired) electrons. The Balaban J connectivity index is 2.75. The number of aliphatic hydroxyl groups excluding tert-OH is 1. The summed E-state index contributed by atoms with van der Waals surface area (Å²) in [5, 5.41) is 9.02. The maximum atomic E-state index is 9.02. The molecule has 0 spiro atoms. The fraction of sp³-hybridized carbons (Fsp3) is 0.600. The fourth-order valence-electron chi connectivity index (χ4n) is 1.76. The molecule has 16 heavy (non-hydrogen) atoms. The number of benzene rings is 1. The Bertz CT molecular complexity index is 311. The van der Waals surface area contributed by atoms with Gasteiger partial charge in [0.25, 0.3) is 0 Å². The van der Waals surface area contributed by atoms with Crippen LogP contribution < -0.4 is 0 Å². The second-order valence-electron chi connectivity index (χ2n) is 5.43. The normalized spacial score (nSPS) is 13.8. The highest BCUT2D eigenvalue weighted by atomic mass is 16.3. The molecule has 0 aliphatic carbocycles. The maximum Gasteiger partial charge on any atom is 0.0459 e. The second-order valence-corrected chi connectivity index (χ2v) is 5.43. The van der Waals surface area contributed by atoms with Gasteiger partial charge in [-0.2, -0.15) is 0 Å². The van der Waals surface area contributed by atoms with Crippen LogP contribution in [0.15, 0.2) is 24.3 Å². The molecule has 0 aliphatic heterocycles. The lowest BCUT2D eigenvalue weighted by Crippen LogP contribution is -2.15. The Morgan fingerprint density at radius 3 is 2.19 bits per heavy atom. The minimum atomic E-state index is 0.265. The van der Waals surface area contributed by atoms with E-state index in [1.54, 1.807) is 0 Å². The first-order chi connectivity index (χ1) is 7.49. The topological polar surface area (TPSA) is 20.2 Å². The third kappa shape index (κ3) is 3.34. The number of hydrogen-bond donors (Lipinski definition) is 1. The van der Waals surface area contributed by atoms with Gasteiger partial charge >= 0.3 is 0 Å². The van der Waals surface area contributed by atoms with Crippen LogP contribution in [0.5, 0.6) is 0 Å². The SMILES string of the molecule is CCC(C)(C)c1ccc(C[C@H](C)CO)cc1. The van der Waals surface area contributed by atoms with Gasteiger partial charge < -0.3 is 5.11 Å². The Hall–Kier alpha value is -0.820. The molecule has 90 valence electrons. The van der Waals surface area contributed by atoms with Crippen LogP contribution in [0.1, 0.15) is 45.2 Å². The minimum absolute atomic E-state index is 0.265. The third-order valence-electron chi connectivity index (χ3n) is 3.52. The molecule has 0 unspecified atom stereocenters. The molecular formula is C15H24O. The van der Waals surface area contributed by atoms with Crippen molar-refractivity contribution in [1.82, 2.24) is 0 Å². The molecule has 0 aliphatic rings. The molecule has 1 heteroatoms. The molecule has 1 aromatic rings. The van der Waals surface area contributed by atoms with Gasteiger partial charge in [0.2, 0.25) is 0 Å². The van der Waals surface area contributed by atoms with E-state index in [9.17, 15) is 0 Å². The van der Waals surface area contributed by atoms with Crippen LogP contribution in [-0.4, -0.2) is 11.7 Å². The highest BCUT2D eigenvalue weighted by Gasteiger charge is 2.17. The summed E-state index contributed by atoms with van der Waals surface area (Å²) in [5.74, 6) is 0.352. The first kappa shape index (κ1) is 13.2. The zero-order valence-electron chi connectivity index (χ0n) is 11.0. The van der Waals surface area contributed by atoms with Gasteiger partial charge in [0.1, 0.15) is 0 Å². The summed E-state index contributed by atoms with van der Waals surface area (Å²) in [4.78, 5) is 0. The molecule has 0 fully saturated rings. The molecular weight excluding hydrogens is 196 g/mol. The summed E-state index contributed by atoms with van der Waals surface area (Å²) in [5.41, 5.74) is 2.98. The predicted octanol–water partition coefficient (Wildman–Crippen LogP) is 3.55. The highest BCUT2D eigenvalue weighted by molar-refractivity contribution is 5.28. The van der Waals surface area contributed by atoms with E-state index in [0.717, 1.165) is 12.8 Å². The summed E-state index contributed by atoms with van der Waals surface area (Å²) < 4.78 is 0. The van der Waals surface area contributed by atoms with Gasteiger partial charge in [-0.05, 0) is 35.3 Å². The molecule has 0 amide bonds. The van der Waals surface area contributed by atoms with E-state index in [2.05, 4.69) is 52.0 Å². The van der Waals surface area contributed by atoms with Gasteiger partial charge in [-0.15, -0.1) is 0 Å². The molecule has 1 rings (SSSR count). The van der Waals surface area contributed by atoms with E-state index in [1.165, 1.54) is 11.1 Å². The Morgan fingerprint density at radius 1 is 1.19 bits per heavy atom. The van der Waals surface area contributed by atoms with Gasteiger partial charge in [0.15, 0.2) is 0 Å². The summed E-state index contributed by atoms with van der Waals surface area (Å²) in [6.07, 6.45) is 2.11. The minimum Gasteiger partial charge on any atom is -0.396 e. The van der Waals surface area contributed by atoms with Crippen LogP contribution >= 0.6 is 0 Å². The van der Waals surface area contributed by atoms with Crippen LogP contribution in [0, 0.1) is 5.92 Å². The summed E-state index contributed by atoms with van der Waals surface area (Å²) >= 11 is 0. The van der Waals surface area contributed by atoms with Gasteiger partial charge in [0, 0.05) is 6.61 Å². The Labute approximate surface area is 99.5 Å². The highest BCUT2D eigenvalue weighted by Crippen LogP contribution is 2.26. The fourth-order valence-corrected chi connectivity index (χ4v) is 1.76. The molecule has 0 aromatic heterocycles. The zero-order chi connectivity index (χ0) is 12.2. The quantitative estimate of drug-likeness (QED) is 0.804. The molecule has 0 bridgehead atoms. The molecule has 0 heterocycles. The van der Waals surface area contributed by atoms with Crippen LogP contribution in [-0.2, 0) is 11.8 Å². The molecule has 0 saturated carbocycles. The van der Waals surface area contributed by atoms with Crippen molar-refractivity contribution in [2.75, 3.05) is 6.61 Å². The zero-order valence-corrected chi connectivity index (χ0v) is 11.0. The van der Waals surface area contributed by atoms with E-state index in [1.807, 2.05) is 0 Å². The van der Waals surface area contributed by atoms with Crippen LogP contribution in [0.2, 0.25) is 0 Å². The Kier molecular flexibility index (Phi) is 4.55. The number of hydrogen-bond acceptors (Lipinski definition) is 1. The summed E-state index contributed by atoms with van der Waals surface area (Å²) in [6.45, 7) is 9.12. The monoisotopic (exact) mass is 220 g/mol. The maximum absolute atomic E-state index is 9.02. The van der Waals surface area contributed by atoms with E-state index in [4.69, 9.17) is 5.11 Å². The average molecular weight is 220 g/mol. The van der Waals surface area contributed by atoms with Crippen molar-refractivity contribution in [2.24, 2.45) is 5.92 Å². The van der Waals surface area contributed by atoms with Crippen LogP contribution in [0.3, 0.4) is 0 Å². The largest absolute Gasteiger partial charge is 0.396 e. The summed E-state index contributed by atoms with van der Waals surface area (Å²) in [6, 6.07) is 8.84. The van der Waals surface area contributed by atoms with E-state index in [-0.39, 0.29) is 12.0 Å². The van der Waals surface area contributed by atoms with Crippen molar-refractivity contribution in [3.8, 4) is 0 Å². The smallest absolute Gasteiger partial charge is 0.0459 e. The second kappa shape index (κ2) is 5.49. The Morgan fingerprint density at radius 2 is 1.75 bits per heavy atom. The number of rotatable bonds is 5. The van der Waals surface area contributed by atoms with Crippen molar-refractivity contribution in [3.05, 3.63) is 35.4 Å². The van der Waals surface area contributed by atoms with Crippen molar-refractivity contribution in [3.63, 3.8) is 0 Å². The van der Waals surface area contributed by atoms with E-state index in [0.29, 0.717) is 5.92 Å². The third-order valence-corrected chi connectivity index (χ3v) is 3.52. The van der Waals surface area contributed by atoms with Crippen molar-refractivity contribution < 1.29 is 5.11 Å². The molecule has 0 saturated heterocycles. The van der Waals surface area contributed by atoms with E-state index < -0.39 is 0 Å². The first-order valence-electron chi connectivity index (χ1n) is 6.20. The summed E-state index contributed by atoms with van der Waals surface area (Å²) in [7, 11) is 0. The van der Waals surface area contributed by atoms with Crippen molar-refractivity contribution >= 4 is 0 Å². The van der Waals surface area contributed by atoms with Gasteiger partial charge in [-0.3, -0.25) is 0 Å². The van der Waals surface area contributed by atoms with Crippen LogP contribution in [0.25, 0.3) is 0 Å². The van der Waals surface area contributed by atoms with Gasteiger partial charge in [-0.25, -0.2) is 0 Å². The lowest BCUT2D eigenvalue weighted by Gasteiger charge is -2.23. The predicted molar refractivity (Wildman–Crippen MR) is 69.7 cm³/mol. The number of aliphatic hydroxyl groups is 1.